The summed E-state index contributed by atoms with van der Waals surface area (Å²) in [5.74, 6) is -0.997. The van der Waals surface area contributed by atoms with Crippen molar-refractivity contribution in [2.45, 2.75) is 58.3 Å². The predicted octanol–water partition coefficient (Wildman–Crippen LogP) is 5.43. The van der Waals surface area contributed by atoms with Crippen molar-refractivity contribution in [2.75, 3.05) is 44.0 Å². The van der Waals surface area contributed by atoms with Gasteiger partial charge in [-0.25, -0.2) is 9.18 Å². The van der Waals surface area contributed by atoms with Crippen LogP contribution in [0.2, 0.25) is 0 Å². The quantitative estimate of drug-likeness (QED) is 0.311. The maximum atomic E-state index is 14.3. The summed E-state index contributed by atoms with van der Waals surface area (Å²) >= 11 is 0. The number of benzene rings is 2. The molecule has 0 unspecified atom stereocenters. The van der Waals surface area contributed by atoms with E-state index in [4.69, 9.17) is 9.47 Å². The van der Waals surface area contributed by atoms with Crippen molar-refractivity contribution in [3.8, 4) is 5.75 Å². The van der Waals surface area contributed by atoms with E-state index in [-0.39, 0.29) is 55.1 Å². The third-order valence-electron chi connectivity index (χ3n) is 8.15. The standard InChI is InChI=1S/C35H44FN5O6/c1-23-20-41(24(2)22-42)34(44)30-19-29(38-33(43)26-14-16-37-17-15-26)12-13-31(30)47-25(3)7-5-6-18-46-32(23)21-40(4)35(45)39-28-10-8-27(36)9-11-28/h8-17,19,23-25,32,42H,5-7,18,20-22H2,1-4H3,(H,38,43)(H,39,45)/t23-,24-,25+,32+/m0/s1. The molecule has 3 N–H and O–H groups in total. The van der Waals surface area contributed by atoms with E-state index in [2.05, 4.69) is 15.6 Å². The van der Waals surface area contributed by atoms with Crippen LogP contribution in [0.15, 0.2) is 67.0 Å². The first-order valence-corrected chi connectivity index (χ1v) is 15.9. The molecular formula is C35H44FN5O6. The van der Waals surface area contributed by atoms with Crippen LogP contribution in [0.25, 0.3) is 0 Å². The highest BCUT2D eigenvalue weighted by atomic mass is 19.1. The van der Waals surface area contributed by atoms with Crippen LogP contribution in [-0.2, 0) is 4.74 Å². The molecular weight excluding hydrogens is 605 g/mol. The van der Waals surface area contributed by atoms with E-state index in [1.54, 1.807) is 49.2 Å². The third kappa shape index (κ3) is 9.97. The van der Waals surface area contributed by atoms with Gasteiger partial charge in [-0.3, -0.25) is 14.6 Å². The number of nitrogens with one attached hydrogen (secondary N) is 2. The van der Waals surface area contributed by atoms with E-state index < -0.39 is 18.0 Å². The molecule has 11 nitrogen and oxygen atoms in total. The summed E-state index contributed by atoms with van der Waals surface area (Å²) in [5.41, 5.74) is 1.55. The number of carbonyl (C=O) groups excluding carboxylic acids is 3. The third-order valence-corrected chi connectivity index (χ3v) is 8.15. The first-order valence-electron chi connectivity index (χ1n) is 15.9. The second-order valence-electron chi connectivity index (χ2n) is 12.0. The Morgan fingerprint density at radius 2 is 1.77 bits per heavy atom. The van der Waals surface area contributed by atoms with E-state index in [1.165, 1.54) is 41.6 Å². The highest BCUT2D eigenvalue weighted by Gasteiger charge is 2.31. The predicted molar refractivity (Wildman–Crippen MR) is 177 cm³/mol. The number of urea groups is 1. The Hall–Kier alpha value is -4.55. The van der Waals surface area contributed by atoms with Gasteiger partial charge >= 0.3 is 6.03 Å². The fourth-order valence-electron chi connectivity index (χ4n) is 5.27. The van der Waals surface area contributed by atoms with Crippen LogP contribution in [0.1, 0.15) is 60.7 Å². The molecule has 4 rings (SSSR count). The number of halogens is 1. The second kappa shape index (κ2) is 16.8. The molecule has 0 spiro atoms. The van der Waals surface area contributed by atoms with Gasteiger partial charge in [0.1, 0.15) is 11.6 Å². The number of anilines is 2. The highest BCUT2D eigenvalue weighted by Crippen LogP contribution is 2.29. The number of nitrogens with zero attached hydrogens (tertiary/aromatic N) is 3. The zero-order chi connectivity index (χ0) is 33.9. The molecule has 47 heavy (non-hydrogen) atoms. The largest absolute Gasteiger partial charge is 0.490 e. The number of aliphatic hydroxyl groups is 1. The number of hydrogen-bond donors (Lipinski definition) is 3. The lowest BCUT2D eigenvalue weighted by Crippen LogP contribution is -2.48. The van der Waals surface area contributed by atoms with Crippen LogP contribution in [-0.4, -0.2) is 89.3 Å². The number of hydrogen-bond acceptors (Lipinski definition) is 7. The topological polar surface area (TPSA) is 133 Å². The van der Waals surface area contributed by atoms with Gasteiger partial charge < -0.3 is 35.0 Å². The molecule has 0 radical (unpaired) electrons. The van der Waals surface area contributed by atoms with Gasteiger partial charge in [0.25, 0.3) is 11.8 Å². The number of aliphatic hydroxyl groups excluding tert-OH is 1. The van der Waals surface area contributed by atoms with Gasteiger partial charge in [0.05, 0.1) is 30.4 Å². The number of aromatic nitrogens is 1. The molecule has 2 heterocycles. The molecule has 12 heteroatoms. The SMILES string of the molecule is C[C@@H]1CCCCO[C@H](CN(C)C(=O)Nc2ccc(F)cc2)[C@@H](C)CN([C@@H](C)CO)C(=O)c2cc(NC(=O)c3ccncc3)ccc2O1. The molecule has 2 aromatic carbocycles. The molecule has 0 aliphatic carbocycles. The van der Waals surface area contributed by atoms with Gasteiger partial charge in [-0.15, -0.1) is 0 Å². The molecule has 0 saturated carbocycles. The summed E-state index contributed by atoms with van der Waals surface area (Å²) in [6, 6.07) is 12.7. The summed E-state index contributed by atoms with van der Waals surface area (Å²) in [7, 11) is 1.65. The fourth-order valence-corrected chi connectivity index (χ4v) is 5.27. The number of amides is 4. The Labute approximate surface area is 275 Å². The van der Waals surface area contributed by atoms with Gasteiger partial charge in [0.15, 0.2) is 0 Å². The molecule has 1 aliphatic heterocycles. The van der Waals surface area contributed by atoms with Crippen molar-refractivity contribution in [2.24, 2.45) is 5.92 Å². The molecule has 1 aromatic heterocycles. The molecule has 0 fully saturated rings. The molecule has 3 aromatic rings. The lowest BCUT2D eigenvalue weighted by Gasteiger charge is -2.35. The summed E-state index contributed by atoms with van der Waals surface area (Å²) in [5, 5.41) is 15.8. The second-order valence-corrected chi connectivity index (χ2v) is 12.0. The summed E-state index contributed by atoms with van der Waals surface area (Å²) in [6.07, 6.45) is 4.71. The first-order chi connectivity index (χ1) is 22.5. The maximum absolute atomic E-state index is 14.3. The Bertz CT molecular complexity index is 1490. The molecule has 4 amide bonds. The molecule has 0 saturated heterocycles. The van der Waals surface area contributed by atoms with Gasteiger partial charge in [-0.1, -0.05) is 6.92 Å². The van der Waals surface area contributed by atoms with Crippen LogP contribution < -0.4 is 15.4 Å². The van der Waals surface area contributed by atoms with E-state index in [0.717, 1.165) is 12.8 Å². The van der Waals surface area contributed by atoms with E-state index in [0.29, 0.717) is 35.7 Å². The van der Waals surface area contributed by atoms with Crippen LogP contribution in [0.4, 0.5) is 20.6 Å². The van der Waals surface area contributed by atoms with Crippen molar-refractivity contribution in [1.29, 1.82) is 0 Å². The van der Waals surface area contributed by atoms with Gasteiger partial charge in [-0.2, -0.15) is 0 Å². The normalized spacial score (nSPS) is 19.8. The molecule has 0 bridgehead atoms. The lowest BCUT2D eigenvalue weighted by molar-refractivity contribution is -0.0115. The Balaban J connectivity index is 1.59. The zero-order valence-electron chi connectivity index (χ0n) is 27.3. The van der Waals surface area contributed by atoms with E-state index in [9.17, 15) is 23.9 Å². The minimum Gasteiger partial charge on any atom is -0.490 e. The monoisotopic (exact) mass is 649 g/mol. The smallest absolute Gasteiger partial charge is 0.321 e. The Kier molecular flexibility index (Phi) is 12.7. The van der Waals surface area contributed by atoms with Gasteiger partial charge in [0, 0.05) is 62.0 Å². The van der Waals surface area contributed by atoms with Crippen LogP contribution >= 0.6 is 0 Å². The molecule has 252 valence electrons. The number of pyridine rings is 1. The van der Waals surface area contributed by atoms with Crippen LogP contribution in [0, 0.1) is 11.7 Å². The number of rotatable bonds is 7. The number of fused-ring (bicyclic) bond motifs is 1. The zero-order valence-corrected chi connectivity index (χ0v) is 27.3. The highest BCUT2D eigenvalue weighted by molar-refractivity contribution is 6.05. The fraction of sp³-hybridized carbons (Fsp3) is 0.429. The van der Waals surface area contributed by atoms with Gasteiger partial charge in [0.2, 0.25) is 0 Å². The molecule has 1 aliphatic rings. The average Bonchev–Trinajstić information content (AvgIpc) is 3.07. The number of likely N-dealkylation sites (N-methyl/N-ethyl adjacent to an activating group) is 1. The lowest BCUT2D eigenvalue weighted by atomic mass is 10.0. The van der Waals surface area contributed by atoms with Crippen molar-refractivity contribution in [3.63, 3.8) is 0 Å². The minimum absolute atomic E-state index is 0.207. The summed E-state index contributed by atoms with van der Waals surface area (Å²) in [4.78, 5) is 47.2. The van der Waals surface area contributed by atoms with E-state index in [1.807, 2.05) is 13.8 Å². The van der Waals surface area contributed by atoms with Crippen LogP contribution in [0.3, 0.4) is 0 Å². The van der Waals surface area contributed by atoms with Crippen molar-refractivity contribution in [1.82, 2.24) is 14.8 Å². The Morgan fingerprint density at radius 3 is 2.47 bits per heavy atom. The molecule has 4 atom stereocenters. The Morgan fingerprint density at radius 1 is 1.06 bits per heavy atom. The van der Waals surface area contributed by atoms with Crippen molar-refractivity contribution >= 4 is 29.2 Å². The first kappa shape index (κ1) is 35.3. The number of ether oxygens (including phenoxy) is 2. The minimum atomic E-state index is -0.557. The average molecular weight is 650 g/mol. The summed E-state index contributed by atoms with van der Waals surface area (Å²) in [6.45, 7) is 6.24. The van der Waals surface area contributed by atoms with Gasteiger partial charge in [-0.05, 0) is 87.7 Å². The van der Waals surface area contributed by atoms with E-state index >= 15 is 0 Å². The van der Waals surface area contributed by atoms with Crippen molar-refractivity contribution in [3.05, 3.63) is 83.9 Å². The number of carbonyl (C=O) groups is 3. The van der Waals surface area contributed by atoms with Crippen molar-refractivity contribution < 1.29 is 33.4 Å². The maximum Gasteiger partial charge on any atom is 0.321 e. The van der Waals surface area contributed by atoms with Crippen LogP contribution in [0.5, 0.6) is 5.75 Å². The summed E-state index contributed by atoms with van der Waals surface area (Å²) < 4.78 is 25.9.